The summed E-state index contributed by atoms with van der Waals surface area (Å²) < 4.78 is 0. The van der Waals surface area contributed by atoms with Crippen molar-refractivity contribution in [1.82, 2.24) is 6.15 Å². The summed E-state index contributed by atoms with van der Waals surface area (Å²) >= 11 is 0. The van der Waals surface area contributed by atoms with E-state index in [1.807, 2.05) is 0 Å². The fraction of sp³-hybridized carbons (Fsp3) is 0.650. The molecule has 1 nitrogen and oxygen atoms in total. The molecule has 1 aromatic rings. The van der Waals surface area contributed by atoms with E-state index >= 15 is 0 Å². The predicted octanol–water partition coefficient (Wildman–Crippen LogP) is 6.91. The van der Waals surface area contributed by atoms with Crippen LogP contribution in [0.3, 0.4) is 0 Å². The van der Waals surface area contributed by atoms with Gasteiger partial charge in [-0.1, -0.05) is 101 Å². The van der Waals surface area contributed by atoms with E-state index in [0.717, 1.165) is 6.42 Å². The molecule has 1 radical (unpaired) electrons. The van der Waals surface area contributed by atoms with E-state index in [0.29, 0.717) is 0 Å². The van der Waals surface area contributed by atoms with E-state index in [4.69, 9.17) is 0 Å². The Balaban J connectivity index is 0.00000400. The van der Waals surface area contributed by atoms with Gasteiger partial charge in [-0.3, -0.25) is 0 Å². The SMILES string of the molecule is CCCCCCCCCCCC[CH]Cc1ccccc1.N. The summed E-state index contributed by atoms with van der Waals surface area (Å²) in [4.78, 5) is 0. The molecular weight excluding hydrogens is 254 g/mol. The Morgan fingerprint density at radius 3 is 1.81 bits per heavy atom. The molecule has 21 heavy (non-hydrogen) atoms. The third-order valence-electron chi connectivity index (χ3n) is 3.98. The van der Waals surface area contributed by atoms with Gasteiger partial charge < -0.3 is 6.15 Å². The fourth-order valence-electron chi connectivity index (χ4n) is 2.66. The van der Waals surface area contributed by atoms with Crippen LogP contribution in [-0.2, 0) is 6.42 Å². The lowest BCUT2D eigenvalue weighted by molar-refractivity contribution is 0.555. The highest BCUT2D eigenvalue weighted by atomic mass is 14.0. The fourth-order valence-corrected chi connectivity index (χ4v) is 2.66. The summed E-state index contributed by atoms with van der Waals surface area (Å²) in [6, 6.07) is 10.8. The van der Waals surface area contributed by atoms with Gasteiger partial charge in [0.2, 0.25) is 0 Å². The highest BCUT2D eigenvalue weighted by Crippen LogP contribution is 2.12. The molecule has 0 aromatic heterocycles. The molecule has 0 aliphatic rings. The molecule has 0 unspecified atom stereocenters. The largest absolute Gasteiger partial charge is 0.344 e. The average molecular weight is 291 g/mol. The first-order chi connectivity index (χ1) is 9.93. The minimum Gasteiger partial charge on any atom is -0.344 e. The second-order valence-electron chi connectivity index (χ2n) is 5.95. The molecule has 0 saturated carbocycles. The second-order valence-corrected chi connectivity index (χ2v) is 5.95. The highest BCUT2D eigenvalue weighted by Gasteiger charge is 1.95. The van der Waals surface area contributed by atoms with E-state index in [9.17, 15) is 0 Å². The molecule has 0 bridgehead atoms. The Labute approximate surface area is 133 Å². The van der Waals surface area contributed by atoms with Gasteiger partial charge >= 0.3 is 0 Å². The Morgan fingerprint density at radius 1 is 0.714 bits per heavy atom. The summed E-state index contributed by atoms with van der Waals surface area (Å²) in [5.74, 6) is 0. The van der Waals surface area contributed by atoms with Gasteiger partial charge in [-0.2, -0.15) is 0 Å². The van der Waals surface area contributed by atoms with Crippen molar-refractivity contribution in [2.24, 2.45) is 0 Å². The Kier molecular flexibility index (Phi) is 15.0. The van der Waals surface area contributed by atoms with Crippen molar-refractivity contribution in [2.45, 2.75) is 84.0 Å². The lowest BCUT2D eigenvalue weighted by atomic mass is 10.0. The molecule has 0 spiro atoms. The van der Waals surface area contributed by atoms with Gasteiger partial charge in [-0.25, -0.2) is 0 Å². The summed E-state index contributed by atoms with van der Waals surface area (Å²) in [6.07, 6.45) is 19.2. The molecule has 0 aliphatic heterocycles. The third-order valence-corrected chi connectivity index (χ3v) is 3.98. The van der Waals surface area contributed by atoms with Gasteiger partial charge in [-0.05, 0) is 24.8 Å². The van der Waals surface area contributed by atoms with Gasteiger partial charge in [0.05, 0.1) is 0 Å². The molecule has 1 heteroatoms. The van der Waals surface area contributed by atoms with Crippen molar-refractivity contribution in [1.29, 1.82) is 0 Å². The molecule has 0 fully saturated rings. The molecule has 121 valence electrons. The molecule has 1 rings (SSSR count). The second kappa shape index (κ2) is 15.6. The van der Waals surface area contributed by atoms with Crippen molar-refractivity contribution in [3.05, 3.63) is 42.3 Å². The predicted molar refractivity (Wildman–Crippen MR) is 95.9 cm³/mol. The minimum absolute atomic E-state index is 0. The first-order valence-corrected chi connectivity index (χ1v) is 8.79. The summed E-state index contributed by atoms with van der Waals surface area (Å²) in [6.45, 7) is 2.29. The van der Waals surface area contributed by atoms with E-state index in [1.54, 1.807) is 0 Å². The van der Waals surface area contributed by atoms with Crippen molar-refractivity contribution >= 4 is 0 Å². The quantitative estimate of drug-likeness (QED) is 0.394. The molecule has 1 aromatic carbocycles. The van der Waals surface area contributed by atoms with Gasteiger partial charge in [0.25, 0.3) is 0 Å². The average Bonchev–Trinajstić information content (AvgIpc) is 2.49. The van der Waals surface area contributed by atoms with E-state index in [2.05, 4.69) is 43.7 Å². The van der Waals surface area contributed by atoms with Crippen LogP contribution in [0, 0.1) is 6.42 Å². The lowest BCUT2D eigenvalue weighted by Gasteiger charge is -2.03. The molecule has 0 saturated heterocycles. The van der Waals surface area contributed by atoms with Gasteiger partial charge in [0.15, 0.2) is 0 Å². The van der Waals surface area contributed by atoms with Crippen molar-refractivity contribution < 1.29 is 0 Å². The third kappa shape index (κ3) is 12.6. The zero-order valence-electron chi connectivity index (χ0n) is 14.2. The van der Waals surface area contributed by atoms with Gasteiger partial charge in [0.1, 0.15) is 0 Å². The maximum Gasteiger partial charge on any atom is -0.0248 e. The van der Waals surface area contributed by atoms with Crippen LogP contribution in [0.4, 0.5) is 0 Å². The molecule has 0 aliphatic carbocycles. The Morgan fingerprint density at radius 2 is 1.24 bits per heavy atom. The zero-order valence-corrected chi connectivity index (χ0v) is 14.2. The van der Waals surface area contributed by atoms with Crippen molar-refractivity contribution in [2.75, 3.05) is 0 Å². The Hall–Kier alpha value is -0.820. The smallest absolute Gasteiger partial charge is 0.0248 e. The minimum atomic E-state index is 0. The maximum atomic E-state index is 2.44. The topological polar surface area (TPSA) is 35.0 Å². The van der Waals surface area contributed by atoms with Crippen LogP contribution in [0.15, 0.2) is 30.3 Å². The molecule has 0 amide bonds. The molecule has 0 heterocycles. The van der Waals surface area contributed by atoms with E-state index in [1.165, 1.54) is 76.2 Å². The lowest BCUT2D eigenvalue weighted by Crippen LogP contribution is -1.87. The van der Waals surface area contributed by atoms with Crippen LogP contribution in [0.1, 0.15) is 83.1 Å². The van der Waals surface area contributed by atoms with Crippen LogP contribution < -0.4 is 6.15 Å². The first-order valence-electron chi connectivity index (χ1n) is 8.79. The zero-order chi connectivity index (χ0) is 14.3. The van der Waals surface area contributed by atoms with Crippen LogP contribution in [0.25, 0.3) is 0 Å². The molecule has 0 atom stereocenters. The highest BCUT2D eigenvalue weighted by molar-refractivity contribution is 5.16. The van der Waals surface area contributed by atoms with Crippen LogP contribution in [-0.4, -0.2) is 0 Å². The number of rotatable bonds is 13. The molecule has 3 N–H and O–H groups in total. The monoisotopic (exact) mass is 290 g/mol. The summed E-state index contributed by atoms with van der Waals surface area (Å²) in [5.41, 5.74) is 1.44. The standard InChI is InChI=1S/C20H33.H3N/c1-2-3-4-5-6-7-8-9-10-11-12-14-17-20-18-15-13-16-19-20;/h13-16,18-19H,2-12,17H2,1H3;1H3. The van der Waals surface area contributed by atoms with Crippen LogP contribution in [0.2, 0.25) is 0 Å². The summed E-state index contributed by atoms with van der Waals surface area (Å²) in [7, 11) is 0. The number of benzene rings is 1. The van der Waals surface area contributed by atoms with E-state index in [-0.39, 0.29) is 6.15 Å². The van der Waals surface area contributed by atoms with Crippen molar-refractivity contribution in [3.8, 4) is 0 Å². The van der Waals surface area contributed by atoms with E-state index < -0.39 is 0 Å². The molecular formula is C20H36N. The van der Waals surface area contributed by atoms with Crippen LogP contribution in [0.5, 0.6) is 0 Å². The van der Waals surface area contributed by atoms with Gasteiger partial charge in [0, 0.05) is 0 Å². The maximum absolute atomic E-state index is 2.44. The Bertz CT molecular complexity index is 294. The first kappa shape index (κ1) is 20.2. The number of hydrogen-bond donors (Lipinski definition) is 1. The van der Waals surface area contributed by atoms with Crippen molar-refractivity contribution in [3.63, 3.8) is 0 Å². The number of hydrogen-bond acceptors (Lipinski definition) is 1. The number of unbranched alkanes of at least 4 members (excludes halogenated alkanes) is 11. The van der Waals surface area contributed by atoms with Crippen LogP contribution >= 0.6 is 0 Å². The summed E-state index contributed by atoms with van der Waals surface area (Å²) in [5, 5.41) is 0. The normalized spacial score (nSPS) is 10.3. The van der Waals surface area contributed by atoms with Gasteiger partial charge in [-0.15, -0.1) is 0 Å².